The maximum atomic E-state index is 11.4. The van der Waals surface area contributed by atoms with Crippen LogP contribution in [0.15, 0.2) is 0 Å². The Bertz CT molecular complexity index is 335. The molecule has 0 amide bonds. The van der Waals surface area contributed by atoms with E-state index in [1.54, 1.807) is 0 Å². The van der Waals surface area contributed by atoms with Crippen molar-refractivity contribution in [2.24, 2.45) is 0 Å². The van der Waals surface area contributed by atoms with Crippen molar-refractivity contribution >= 4 is 15.8 Å². The Morgan fingerprint density at radius 1 is 1.60 bits per heavy atom. The van der Waals surface area contributed by atoms with E-state index in [0.717, 1.165) is 0 Å². The highest BCUT2D eigenvalue weighted by Gasteiger charge is 2.42. The number of hydrogen-bond acceptors (Lipinski definition) is 5. The Labute approximate surface area is 88.5 Å². The molecule has 1 aliphatic heterocycles. The van der Waals surface area contributed by atoms with E-state index in [-0.39, 0.29) is 17.9 Å². The van der Waals surface area contributed by atoms with Gasteiger partial charge in [0.2, 0.25) is 0 Å². The first-order valence-corrected chi connectivity index (χ1v) is 6.48. The zero-order chi connectivity index (χ0) is 11.5. The first-order valence-electron chi connectivity index (χ1n) is 4.66. The molecule has 0 aromatic heterocycles. The predicted octanol–water partition coefficient (Wildman–Crippen LogP) is -0.440. The Kier molecular flexibility index (Phi) is 3.69. The Morgan fingerprint density at radius 3 is 2.73 bits per heavy atom. The molecule has 1 heterocycles. The lowest BCUT2D eigenvalue weighted by molar-refractivity contribution is -0.150. The van der Waals surface area contributed by atoms with Crippen molar-refractivity contribution in [3.05, 3.63) is 0 Å². The third-order valence-corrected chi connectivity index (χ3v) is 4.24. The minimum absolute atomic E-state index is 0.113. The van der Waals surface area contributed by atoms with E-state index in [2.05, 4.69) is 5.48 Å². The molecule has 0 aliphatic carbocycles. The van der Waals surface area contributed by atoms with E-state index >= 15 is 0 Å². The van der Waals surface area contributed by atoms with Crippen molar-refractivity contribution in [1.82, 2.24) is 5.48 Å². The van der Waals surface area contributed by atoms with Crippen LogP contribution in [0.25, 0.3) is 0 Å². The average molecular weight is 237 g/mol. The number of hydrogen-bond donors (Lipinski definition) is 2. The van der Waals surface area contributed by atoms with Crippen molar-refractivity contribution in [3.63, 3.8) is 0 Å². The summed E-state index contributed by atoms with van der Waals surface area (Å²) in [4.78, 5) is 15.8. The van der Waals surface area contributed by atoms with Crippen molar-refractivity contribution in [1.29, 1.82) is 0 Å². The molecule has 15 heavy (non-hydrogen) atoms. The molecule has 1 aliphatic rings. The normalized spacial score (nSPS) is 29.9. The molecule has 7 heteroatoms. The van der Waals surface area contributed by atoms with Crippen LogP contribution in [0.5, 0.6) is 0 Å². The predicted molar refractivity (Wildman–Crippen MR) is 53.0 cm³/mol. The smallest absolute Gasteiger partial charge is 0.306 e. The van der Waals surface area contributed by atoms with E-state index < -0.39 is 21.4 Å². The van der Waals surface area contributed by atoms with Crippen molar-refractivity contribution in [2.45, 2.75) is 24.9 Å². The van der Waals surface area contributed by atoms with Crippen molar-refractivity contribution in [3.8, 4) is 0 Å². The summed E-state index contributed by atoms with van der Waals surface area (Å²) >= 11 is 0. The molecule has 1 fully saturated rings. The van der Waals surface area contributed by atoms with Crippen LogP contribution in [-0.4, -0.2) is 43.6 Å². The standard InChI is InChI=1S/C8H15NO5S/c1-9-14-8(5-7(10)11)3-2-4-15(12,13)6-8/h9H,2-6H2,1H3,(H,10,11). The average Bonchev–Trinajstić information content (AvgIpc) is 1.99. The second kappa shape index (κ2) is 4.46. The zero-order valence-corrected chi connectivity index (χ0v) is 9.34. The molecule has 6 nitrogen and oxygen atoms in total. The van der Waals surface area contributed by atoms with Gasteiger partial charge in [-0.25, -0.2) is 13.9 Å². The molecule has 0 aromatic rings. The molecule has 1 unspecified atom stereocenters. The molecule has 1 rings (SSSR count). The van der Waals surface area contributed by atoms with E-state index in [1.807, 2.05) is 0 Å². The summed E-state index contributed by atoms with van der Waals surface area (Å²) in [5.41, 5.74) is 1.28. The van der Waals surface area contributed by atoms with Gasteiger partial charge in [0.05, 0.1) is 17.9 Å². The van der Waals surface area contributed by atoms with Gasteiger partial charge in [-0.15, -0.1) is 0 Å². The Morgan fingerprint density at radius 2 is 2.27 bits per heavy atom. The van der Waals surface area contributed by atoms with Gasteiger partial charge in [-0.3, -0.25) is 9.63 Å². The maximum Gasteiger partial charge on any atom is 0.306 e. The van der Waals surface area contributed by atoms with Gasteiger partial charge >= 0.3 is 5.97 Å². The molecule has 88 valence electrons. The molecular weight excluding hydrogens is 222 g/mol. The highest BCUT2D eigenvalue weighted by atomic mass is 32.2. The first-order chi connectivity index (χ1) is 6.89. The summed E-state index contributed by atoms with van der Waals surface area (Å²) in [6.07, 6.45) is 0.587. The fourth-order valence-electron chi connectivity index (χ4n) is 1.91. The molecule has 1 saturated heterocycles. The van der Waals surface area contributed by atoms with Crippen LogP contribution in [0, 0.1) is 0 Å². The Balaban J connectivity index is 2.84. The van der Waals surface area contributed by atoms with Gasteiger partial charge in [0.25, 0.3) is 0 Å². The van der Waals surface area contributed by atoms with Gasteiger partial charge in [0, 0.05) is 7.05 Å². The fourth-order valence-corrected chi connectivity index (χ4v) is 3.74. The van der Waals surface area contributed by atoms with Crippen LogP contribution in [0.1, 0.15) is 19.3 Å². The van der Waals surface area contributed by atoms with Gasteiger partial charge < -0.3 is 5.11 Å². The fraction of sp³-hybridized carbons (Fsp3) is 0.875. The number of carboxylic acids is 1. The Hall–Kier alpha value is -0.660. The number of aliphatic carboxylic acids is 1. The van der Waals surface area contributed by atoms with Gasteiger partial charge in [-0.1, -0.05) is 0 Å². The minimum Gasteiger partial charge on any atom is -0.481 e. The third kappa shape index (κ3) is 3.44. The molecule has 0 bridgehead atoms. The lowest BCUT2D eigenvalue weighted by atomic mass is 9.96. The molecule has 2 N–H and O–H groups in total. The van der Waals surface area contributed by atoms with E-state index in [9.17, 15) is 13.2 Å². The van der Waals surface area contributed by atoms with Crippen LogP contribution < -0.4 is 5.48 Å². The van der Waals surface area contributed by atoms with Crippen LogP contribution in [0.4, 0.5) is 0 Å². The van der Waals surface area contributed by atoms with Crippen molar-refractivity contribution in [2.75, 3.05) is 18.6 Å². The number of rotatable bonds is 4. The summed E-state index contributed by atoms with van der Waals surface area (Å²) < 4.78 is 22.8. The summed E-state index contributed by atoms with van der Waals surface area (Å²) in [6, 6.07) is 0. The van der Waals surface area contributed by atoms with Crippen LogP contribution >= 0.6 is 0 Å². The second-order valence-electron chi connectivity index (χ2n) is 3.76. The summed E-state index contributed by atoms with van der Waals surface area (Å²) in [7, 11) is -1.70. The SMILES string of the molecule is CNOC1(CC(=O)O)CCCS(=O)(=O)C1. The van der Waals surface area contributed by atoms with Crippen LogP contribution in [-0.2, 0) is 19.5 Å². The van der Waals surface area contributed by atoms with E-state index in [4.69, 9.17) is 9.94 Å². The number of sulfone groups is 1. The van der Waals surface area contributed by atoms with E-state index in [1.165, 1.54) is 7.05 Å². The largest absolute Gasteiger partial charge is 0.481 e. The third-order valence-electron chi connectivity index (χ3n) is 2.36. The maximum absolute atomic E-state index is 11.4. The van der Waals surface area contributed by atoms with Gasteiger partial charge in [-0.05, 0) is 12.8 Å². The van der Waals surface area contributed by atoms with Crippen LogP contribution in [0.2, 0.25) is 0 Å². The molecule has 0 aromatic carbocycles. The first kappa shape index (κ1) is 12.4. The molecular formula is C8H15NO5S. The highest BCUT2D eigenvalue weighted by molar-refractivity contribution is 7.91. The number of carboxylic acid groups (broad SMARTS) is 1. The minimum atomic E-state index is -3.19. The van der Waals surface area contributed by atoms with Gasteiger partial charge in [0.1, 0.15) is 5.60 Å². The summed E-state index contributed by atoms with van der Waals surface area (Å²) in [5.74, 6) is -1.17. The number of carbonyl (C=O) groups is 1. The van der Waals surface area contributed by atoms with Crippen molar-refractivity contribution < 1.29 is 23.2 Å². The van der Waals surface area contributed by atoms with Gasteiger partial charge in [0.15, 0.2) is 9.84 Å². The lowest BCUT2D eigenvalue weighted by Crippen LogP contribution is -2.48. The summed E-state index contributed by atoms with van der Waals surface area (Å²) in [6.45, 7) is 0. The molecule has 0 saturated carbocycles. The monoisotopic (exact) mass is 237 g/mol. The quantitative estimate of drug-likeness (QED) is 0.644. The highest BCUT2D eigenvalue weighted by Crippen LogP contribution is 2.29. The van der Waals surface area contributed by atoms with Gasteiger partial charge in [-0.2, -0.15) is 0 Å². The molecule has 1 atom stereocenters. The number of hydroxylamine groups is 1. The topological polar surface area (TPSA) is 92.7 Å². The van der Waals surface area contributed by atoms with Crippen LogP contribution in [0.3, 0.4) is 0 Å². The summed E-state index contributed by atoms with van der Waals surface area (Å²) in [5, 5.41) is 8.73. The zero-order valence-electron chi connectivity index (χ0n) is 8.52. The number of nitrogens with one attached hydrogen (secondary N) is 1. The lowest BCUT2D eigenvalue weighted by Gasteiger charge is -2.34. The molecule has 0 spiro atoms. The molecule has 0 radical (unpaired) electrons. The second-order valence-corrected chi connectivity index (χ2v) is 5.94. The van der Waals surface area contributed by atoms with E-state index in [0.29, 0.717) is 12.8 Å².